The molecule has 5 aromatic rings. The first-order valence-corrected chi connectivity index (χ1v) is 19.3. The maximum Gasteiger partial charge on any atom is 0.413 e. The van der Waals surface area contributed by atoms with Crippen LogP contribution in [-0.2, 0) is 14.8 Å². The topological polar surface area (TPSA) is 149 Å². The van der Waals surface area contributed by atoms with Crippen LogP contribution >= 0.6 is 11.3 Å². The molecule has 15 heteroatoms. The lowest BCUT2D eigenvalue weighted by atomic mass is 9.85. The van der Waals surface area contributed by atoms with E-state index in [0.29, 0.717) is 34.7 Å². The van der Waals surface area contributed by atoms with E-state index in [0.717, 1.165) is 15.6 Å². The number of aliphatic hydroxyl groups is 1. The Morgan fingerprint density at radius 3 is 2.20 bits per heavy atom. The van der Waals surface area contributed by atoms with Crippen molar-refractivity contribution < 1.29 is 41.4 Å². The normalized spacial score (nSPS) is 14.7. The van der Waals surface area contributed by atoms with E-state index in [1.807, 2.05) is 20.8 Å². The molecule has 0 saturated heterocycles. The molecule has 0 saturated carbocycles. The van der Waals surface area contributed by atoms with Crippen LogP contribution in [0.2, 0.25) is 0 Å². The van der Waals surface area contributed by atoms with E-state index in [4.69, 9.17) is 0 Å². The van der Waals surface area contributed by atoms with E-state index >= 15 is 0 Å². The molecule has 0 spiro atoms. The first-order chi connectivity index (χ1) is 25.5. The number of carbonyl (C=O) groups is 2. The third-order valence-corrected chi connectivity index (χ3v) is 12.1. The molecular weight excluding hydrogens is 742 g/mol. The van der Waals surface area contributed by atoms with Gasteiger partial charge in [-0.3, -0.25) is 4.98 Å². The van der Waals surface area contributed by atoms with Gasteiger partial charge in [-0.25, -0.2) is 13.2 Å². The summed E-state index contributed by atoms with van der Waals surface area (Å²) in [6.45, 7) is 5.15. The third kappa shape index (κ3) is 9.63. The lowest BCUT2D eigenvalue weighted by Gasteiger charge is -2.32. The van der Waals surface area contributed by atoms with Crippen LogP contribution in [-0.4, -0.2) is 65.7 Å². The van der Waals surface area contributed by atoms with Crippen molar-refractivity contribution in [3.8, 4) is 0 Å². The van der Waals surface area contributed by atoms with Gasteiger partial charge < -0.3 is 25.6 Å². The summed E-state index contributed by atoms with van der Waals surface area (Å²) >= 11 is 0.752. The van der Waals surface area contributed by atoms with Crippen molar-refractivity contribution in [1.82, 2.24) is 14.6 Å². The number of aldehydes is 1. The monoisotopic (exact) mass is 782 g/mol. The van der Waals surface area contributed by atoms with Gasteiger partial charge in [0.25, 0.3) is 0 Å². The van der Waals surface area contributed by atoms with E-state index in [9.17, 15) is 41.4 Å². The molecule has 1 amide bonds. The van der Waals surface area contributed by atoms with Crippen LogP contribution in [0.3, 0.4) is 0 Å². The highest BCUT2D eigenvalue weighted by molar-refractivity contribution is 7.89. The number of fused-ring (bicyclic) bond motifs is 1. The number of halogens is 3. The van der Waals surface area contributed by atoms with Gasteiger partial charge in [-0.05, 0) is 71.5 Å². The van der Waals surface area contributed by atoms with Crippen molar-refractivity contribution in [3.63, 3.8) is 0 Å². The van der Waals surface area contributed by atoms with Gasteiger partial charge in [0.05, 0.1) is 29.1 Å². The maximum absolute atomic E-state index is 14.7. The van der Waals surface area contributed by atoms with Crippen molar-refractivity contribution in [1.29, 1.82) is 0 Å². The Morgan fingerprint density at radius 1 is 0.926 bits per heavy atom. The number of thiophene rings is 1. The number of carboxylic acid groups (broad SMARTS) is 1. The zero-order chi connectivity index (χ0) is 39.3. The molecule has 2 heterocycles. The van der Waals surface area contributed by atoms with Crippen LogP contribution in [0, 0.1) is 5.41 Å². The summed E-state index contributed by atoms with van der Waals surface area (Å²) in [5.41, 5.74) is 1.50. The number of aliphatic hydroxyl groups excluding tert-OH is 1. The number of aromatic nitrogens is 1. The number of benzene rings is 3. The Morgan fingerprint density at radius 2 is 1.59 bits per heavy atom. The summed E-state index contributed by atoms with van der Waals surface area (Å²) in [5.74, 6) is -0.758. The minimum absolute atomic E-state index is 0.000407. The van der Waals surface area contributed by atoms with Crippen LogP contribution in [0.25, 0.3) is 10.9 Å². The number of anilines is 1. The van der Waals surface area contributed by atoms with Gasteiger partial charge in [-0.15, -0.1) is 11.3 Å². The van der Waals surface area contributed by atoms with E-state index in [-0.39, 0.29) is 32.3 Å². The van der Waals surface area contributed by atoms with Gasteiger partial charge in [-0.1, -0.05) is 69.3 Å². The average molecular weight is 783 g/mol. The molecule has 3 aromatic carbocycles. The zero-order valence-electron chi connectivity index (χ0n) is 29.7. The molecule has 2 aromatic heterocycles. The molecule has 286 valence electrons. The first-order valence-electron chi connectivity index (χ1n) is 17.0. The average Bonchev–Trinajstić information content (AvgIpc) is 3.61. The summed E-state index contributed by atoms with van der Waals surface area (Å²) in [6.07, 6.45) is -3.72. The van der Waals surface area contributed by atoms with Crippen LogP contribution in [0.4, 0.5) is 23.7 Å². The number of alkyl halides is 3. The Balaban J connectivity index is 1.46. The first kappa shape index (κ1) is 40.4. The smallest absolute Gasteiger partial charge is 0.413 e. The Kier molecular flexibility index (Phi) is 12.5. The maximum atomic E-state index is 14.7. The highest BCUT2D eigenvalue weighted by Gasteiger charge is 2.43. The summed E-state index contributed by atoms with van der Waals surface area (Å²) in [7, 11) is -4.25. The van der Waals surface area contributed by atoms with Gasteiger partial charge in [-0.2, -0.15) is 17.5 Å². The van der Waals surface area contributed by atoms with E-state index in [1.54, 1.807) is 54.7 Å². The van der Waals surface area contributed by atoms with Gasteiger partial charge in [0.1, 0.15) is 6.29 Å². The van der Waals surface area contributed by atoms with E-state index < -0.39 is 52.9 Å². The van der Waals surface area contributed by atoms with Crippen LogP contribution in [0.15, 0.2) is 108 Å². The number of pyridine rings is 1. The number of hydrogen-bond donors (Lipinski definition) is 4. The highest BCUT2D eigenvalue weighted by atomic mass is 32.2. The highest BCUT2D eigenvalue weighted by Crippen LogP contribution is 2.42. The largest absolute Gasteiger partial charge is 0.465 e. The second-order valence-electron chi connectivity index (χ2n) is 14.0. The Hall–Kier alpha value is -4.83. The molecular formula is C39H41F3N4O6S2. The molecule has 10 nitrogen and oxygen atoms in total. The van der Waals surface area contributed by atoms with Crippen molar-refractivity contribution in [2.24, 2.45) is 5.41 Å². The minimum Gasteiger partial charge on any atom is -0.465 e. The summed E-state index contributed by atoms with van der Waals surface area (Å²) in [5, 5.41) is 25.3. The molecule has 4 N–H and O–H groups in total. The third-order valence-electron chi connectivity index (χ3n) is 8.91. The second-order valence-corrected chi connectivity index (χ2v) is 17.0. The van der Waals surface area contributed by atoms with Crippen LogP contribution in [0.1, 0.15) is 66.1 Å². The van der Waals surface area contributed by atoms with Gasteiger partial charge in [0, 0.05) is 39.5 Å². The van der Waals surface area contributed by atoms with Gasteiger partial charge in [0.15, 0.2) is 6.04 Å². The fourth-order valence-corrected chi connectivity index (χ4v) is 9.03. The number of hydrogen-bond acceptors (Lipinski definition) is 8. The molecule has 0 bridgehead atoms. The van der Waals surface area contributed by atoms with Gasteiger partial charge in [0.2, 0.25) is 10.0 Å². The number of rotatable bonds is 15. The molecule has 1 unspecified atom stereocenters. The fourth-order valence-electron chi connectivity index (χ4n) is 6.14. The van der Waals surface area contributed by atoms with Crippen LogP contribution < -0.4 is 10.6 Å². The predicted molar refractivity (Wildman–Crippen MR) is 202 cm³/mol. The molecule has 54 heavy (non-hydrogen) atoms. The minimum atomic E-state index is -4.78. The second kappa shape index (κ2) is 16.7. The number of nitrogens with zero attached hydrogens (tertiary/aromatic N) is 2. The van der Waals surface area contributed by atoms with Gasteiger partial charge >= 0.3 is 12.3 Å². The fraction of sp³-hybridized carbons (Fsp3) is 0.308. The van der Waals surface area contributed by atoms with Crippen molar-refractivity contribution in [2.75, 3.05) is 18.5 Å². The molecule has 0 radical (unpaired) electrons. The SMILES string of the molecule is CC(C)(C)CCN([C@H](CO)c1ccc([C@@H](Nc2ccc(C(c3ccccc3)[C@@H](C=O)NC(=O)O)cc2)C(F)(F)F)s1)S(=O)(=O)c1ccc2ncccc2c1. The predicted octanol–water partition coefficient (Wildman–Crippen LogP) is 8.14. The lowest BCUT2D eigenvalue weighted by Crippen LogP contribution is -2.40. The van der Waals surface area contributed by atoms with Crippen molar-refractivity contribution in [3.05, 3.63) is 124 Å². The number of carbonyl (C=O) groups excluding carboxylic acids is 1. The zero-order valence-corrected chi connectivity index (χ0v) is 31.3. The molecule has 5 rings (SSSR count). The molecule has 0 fully saturated rings. The Labute approximate surface area is 315 Å². The molecule has 0 aliphatic heterocycles. The summed E-state index contributed by atoms with van der Waals surface area (Å²) < 4.78 is 73.8. The van der Waals surface area contributed by atoms with E-state index in [1.165, 1.54) is 48.5 Å². The van der Waals surface area contributed by atoms with Crippen molar-refractivity contribution >= 4 is 50.3 Å². The van der Waals surface area contributed by atoms with E-state index in [2.05, 4.69) is 15.6 Å². The molecule has 4 atom stereocenters. The number of amides is 1. The number of sulfonamides is 1. The van der Waals surface area contributed by atoms with Crippen LogP contribution in [0.5, 0.6) is 0 Å². The molecule has 0 aliphatic carbocycles. The summed E-state index contributed by atoms with van der Waals surface area (Å²) in [6, 6.07) is 20.6. The van der Waals surface area contributed by atoms with Crippen molar-refractivity contribution in [2.45, 2.75) is 62.3 Å². The standard InChI is InChI=1S/C39H41F3N4O6S2/c1-38(2,3)19-21-46(54(51,52)29-15-16-30-27(22-29)10-7-20-43-30)32(24-48)33-17-18-34(53-33)36(39(40,41)42)44-28-13-11-26(12-14-28)35(25-8-5-4-6-9-25)31(23-47)45-37(49)50/h4-18,20,22-23,31-32,35-36,44-45,48H,19,21,24H2,1-3H3,(H,49,50)/t31-,32-,35?,36-/m1/s1. The number of nitrogens with one attached hydrogen (secondary N) is 2. The Bertz CT molecular complexity index is 2160. The lowest BCUT2D eigenvalue weighted by molar-refractivity contribution is -0.143. The quantitative estimate of drug-likeness (QED) is 0.0779. The summed E-state index contributed by atoms with van der Waals surface area (Å²) in [4.78, 5) is 27.7. The molecule has 0 aliphatic rings.